The Labute approximate surface area is 251 Å². The monoisotopic (exact) mass is 593 g/mol. The van der Waals surface area contributed by atoms with Gasteiger partial charge in [-0.15, -0.1) is 0 Å². The molecule has 5 rings (SSSR count). The average molecular weight is 594 g/mol. The van der Waals surface area contributed by atoms with Crippen molar-refractivity contribution >= 4 is 34.7 Å². The van der Waals surface area contributed by atoms with E-state index in [1.165, 1.54) is 12.3 Å². The van der Waals surface area contributed by atoms with Crippen LogP contribution in [-0.4, -0.2) is 43.8 Å². The average Bonchev–Trinajstić information content (AvgIpc) is 3.43. The van der Waals surface area contributed by atoms with E-state index in [2.05, 4.69) is 41.1 Å². The zero-order valence-electron chi connectivity index (χ0n) is 24.1. The number of aromatic amines is 1. The van der Waals surface area contributed by atoms with Crippen LogP contribution in [0.4, 0.5) is 20.8 Å². The highest BCUT2D eigenvalue weighted by atomic mass is 19.1. The maximum absolute atomic E-state index is 13.7. The molecule has 5 aromatic rings. The fourth-order valence-corrected chi connectivity index (χ4v) is 4.44. The number of aromatic nitrogens is 5. The third-order valence-corrected chi connectivity index (χ3v) is 6.79. The topological polar surface area (TPSA) is 171 Å². The third-order valence-electron chi connectivity index (χ3n) is 6.79. The second-order valence-electron chi connectivity index (χ2n) is 9.86. The number of H-pyrrole nitrogens is 1. The van der Waals surface area contributed by atoms with Gasteiger partial charge in [0.15, 0.2) is 22.9 Å². The van der Waals surface area contributed by atoms with Gasteiger partial charge in [0, 0.05) is 18.3 Å². The number of aryl methyl sites for hydroxylation is 1. The molecule has 0 bridgehead atoms. The molecular weight excluding hydrogens is 565 g/mol. The van der Waals surface area contributed by atoms with Gasteiger partial charge in [0.2, 0.25) is 0 Å². The lowest BCUT2D eigenvalue weighted by molar-refractivity contribution is 0.0935. The highest BCUT2D eigenvalue weighted by Gasteiger charge is 2.19. The van der Waals surface area contributed by atoms with Gasteiger partial charge in [-0.2, -0.15) is 10.4 Å². The number of amides is 2. The summed E-state index contributed by atoms with van der Waals surface area (Å²) in [5.74, 6) is -0.253. The van der Waals surface area contributed by atoms with E-state index in [1.54, 1.807) is 39.1 Å². The van der Waals surface area contributed by atoms with Crippen LogP contribution in [0.1, 0.15) is 52.8 Å². The molecule has 1 atom stereocenters. The van der Waals surface area contributed by atoms with E-state index in [-0.39, 0.29) is 29.6 Å². The first-order valence-electron chi connectivity index (χ1n) is 13.7. The number of anilines is 2. The number of pyridine rings is 1. The number of rotatable bonds is 9. The van der Waals surface area contributed by atoms with Crippen LogP contribution in [0, 0.1) is 24.1 Å². The van der Waals surface area contributed by atoms with Crippen molar-refractivity contribution in [3.8, 4) is 17.2 Å². The smallest absolute Gasteiger partial charge is 0.412 e. The van der Waals surface area contributed by atoms with Gasteiger partial charge >= 0.3 is 6.09 Å². The van der Waals surface area contributed by atoms with E-state index in [4.69, 9.17) is 4.74 Å². The quantitative estimate of drug-likeness (QED) is 0.175. The fraction of sp³-hybridized carbons (Fsp3) is 0.194. The van der Waals surface area contributed by atoms with Crippen LogP contribution in [0.3, 0.4) is 0 Å². The molecule has 0 saturated heterocycles. The number of carbonyl (C=O) groups is 2. The Morgan fingerprint density at radius 3 is 2.61 bits per heavy atom. The Kier molecular flexibility index (Phi) is 8.71. The van der Waals surface area contributed by atoms with Crippen molar-refractivity contribution in [3.63, 3.8) is 0 Å². The van der Waals surface area contributed by atoms with E-state index >= 15 is 0 Å². The number of fused-ring (bicyclic) bond motifs is 1. The Morgan fingerprint density at radius 2 is 1.89 bits per heavy atom. The third kappa shape index (κ3) is 6.60. The van der Waals surface area contributed by atoms with E-state index < -0.39 is 18.0 Å². The number of hydrogen-bond acceptors (Lipinski definition) is 9. The highest BCUT2D eigenvalue weighted by Crippen LogP contribution is 2.27. The van der Waals surface area contributed by atoms with Gasteiger partial charge in [-0.05, 0) is 55.2 Å². The zero-order chi connectivity index (χ0) is 31.2. The first kappa shape index (κ1) is 29.6. The zero-order valence-corrected chi connectivity index (χ0v) is 24.1. The molecule has 0 aliphatic carbocycles. The van der Waals surface area contributed by atoms with Crippen molar-refractivity contribution in [3.05, 3.63) is 94.8 Å². The Bertz CT molecular complexity index is 1880. The van der Waals surface area contributed by atoms with Crippen LogP contribution in [0.25, 0.3) is 22.2 Å². The number of ether oxygens (including phenoxy) is 1. The van der Waals surface area contributed by atoms with Gasteiger partial charge in [-0.1, -0.05) is 36.4 Å². The molecule has 0 spiro atoms. The number of halogens is 1. The van der Waals surface area contributed by atoms with Gasteiger partial charge in [0.25, 0.3) is 5.91 Å². The summed E-state index contributed by atoms with van der Waals surface area (Å²) in [6.07, 6.45) is 2.39. The standard InChI is InChI=1S/C31H28FN9O3/c1-4-44-31(43)39-28-24-12-22(15-35-27(24)40-41-28)20-7-5-19(6-8-20)14-34-29-26(38-23(13-33)16-36-29)30(42)37-18(3)21-9-10-25(32)17(2)11-21/h5-12,15-16,18H,4,14H2,1-3H3,(H,34,36)(H,37,42)(H2,35,39,40,41,43)/t18-/m0/s1. The van der Waals surface area contributed by atoms with E-state index in [9.17, 15) is 19.2 Å². The van der Waals surface area contributed by atoms with E-state index in [1.807, 2.05) is 36.4 Å². The molecule has 3 heterocycles. The SMILES string of the molecule is CCOC(=O)Nc1[nH]nc2ncc(-c3ccc(CNc4ncc(C#N)nc4C(=O)N[C@@H](C)c4ccc(F)c(C)c4)cc3)cc12. The molecule has 0 saturated carbocycles. The summed E-state index contributed by atoms with van der Waals surface area (Å²) in [7, 11) is 0. The highest BCUT2D eigenvalue weighted by molar-refractivity contribution is 5.98. The van der Waals surface area contributed by atoms with Crippen LogP contribution in [0.2, 0.25) is 0 Å². The number of nitrogens with zero attached hydrogens (tertiary/aromatic N) is 5. The Hall–Kier alpha value is -5.90. The summed E-state index contributed by atoms with van der Waals surface area (Å²) in [5, 5.41) is 25.5. The van der Waals surface area contributed by atoms with Crippen LogP contribution in [-0.2, 0) is 11.3 Å². The summed E-state index contributed by atoms with van der Waals surface area (Å²) in [6.45, 7) is 5.71. The minimum atomic E-state index is -0.592. The van der Waals surface area contributed by atoms with Crippen LogP contribution >= 0.6 is 0 Å². The lowest BCUT2D eigenvalue weighted by atomic mass is 10.0. The minimum Gasteiger partial charge on any atom is -0.450 e. The van der Waals surface area contributed by atoms with Crippen molar-refractivity contribution in [2.45, 2.75) is 33.4 Å². The molecule has 0 aliphatic heterocycles. The molecule has 12 nitrogen and oxygen atoms in total. The van der Waals surface area contributed by atoms with Crippen LogP contribution in [0.15, 0.2) is 60.9 Å². The molecule has 222 valence electrons. The molecule has 0 unspecified atom stereocenters. The summed E-state index contributed by atoms with van der Waals surface area (Å²) < 4.78 is 18.7. The molecule has 13 heteroatoms. The second kappa shape index (κ2) is 13.0. The lowest BCUT2D eigenvalue weighted by Gasteiger charge is -2.16. The molecule has 44 heavy (non-hydrogen) atoms. The summed E-state index contributed by atoms with van der Waals surface area (Å²) in [5.41, 5.74) is 4.21. The van der Waals surface area contributed by atoms with Crippen LogP contribution in [0.5, 0.6) is 0 Å². The number of carbonyl (C=O) groups excluding carboxylic acids is 2. The molecule has 4 N–H and O–H groups in total. The van der Waals surface area contributed by atoms with Crippen LogP contribution < -0.4 is 16.0 Å². The first-order chi connectivity index (χ1) is 21.2. The predicted molar refractivity (Wildman–Crippen MR) is 161 cm³/mol. The molecule has 0 aliphatic rings. The van der Waals surface area contributed by atoms with Gasteiger partial charge < -0.3 is 15.4 Å². The summed E-state index contributed by atoms with van der Waals surface area (Å²) in [4.78, 5) is 37.9. The molecular formula is C31H28FN9O3. The molecule has 2 aromatic carbocycles. The molecule has 2 amide bonds. The lowest BCUT2D eigenvalue weighted by Crippen LogP contribution is -2.29. The number of benzene rings is 2. The predicted octanol–water partition coefficient (Wildman–Crippen LogP) is 5.41. The van der Waals surface area contributed by atoms with Crippen molar-refractivity contribution in [2.24, 2.45) is 0 Å². The van der Waals surface area contributed by atoms with Crippen molar-refractivity contribution in [1.29, 1.82) is 5.26 Å². The van der Waals surface area contributed by atoms with Crippen molar-refractivity contribution in [1.82, 2.24) is 30.5 Å². The van der Waals surface area contributed by atoms with Gasteiger partial charge in [-0.3, -0.25) is 15.2 Å². The van der Waals surface area contributed by atoms with E-state index in [0.29, 0.717) is 29.0 Å². The summed E-state index contributed by atoms with van der Waals surface area (Å²) in [6, 6.07) is 15.6. The number of nitriles is 1. The normalized spacial score (nSPS) is 11.4. The molecule has 3 aromatic heterocycles. The summed E-state index contributed by atoms with van der Waals surface area (Å²) >= 11 is 0. The van der Waals surface area contributed by atoms with Gasteiger partial charge in [0.1, 0.15) is 17.7 Å². The van der Waals surface area contributed by atoms with Gasteiger partial charge in [-0.25, -0.2) is 24.1 Å². The fourth-order valence-electron chi connectivity index (χ4n) is 4.44. The first-order valence-corrected chi connectivity index (χ1v) is 13.7. The Balaban J connectivity index is 1.29. The minimum absolute atomic E-state index is 0.000790. The van der Waals surface area contributed by atoms with Crippen molar-refractivity contribution in [2.75, 3.05) is 17.2 Å². The molecule has 0 fully saturated rings. The molecule has 0 radical (unpaired) electrons. The number of nitrogens with one attached hydrogen (secondary N) is 4. The number of hydrogen-bond donors (Lipinski definition) is 4. The Morgan fingerprint density at radius 1 is 1.09 bits per heavy atom. The van der Waals surface area contributed by atoms with E-state index in [0.717, 1.165) is 22.3 Å². The van der Waals surface area contributed by atoms with Crippen molar-refractivity contribution < 1.29 is 18.7 Å². The largest absolute Gasteiger partial charge is 0.450 e. The maximum Gasteiger partial charge on any atom is 0.412 e. The maximum atomic E-state index is 13.7. The van der Waals surface area contributed by atoms with Gasteiger partial charge in [0.05, 0.1) is 24.2 Å². The second-order valence-corrected chi connectivity index (χ2v) is 9.86.